The molecule has 0 aliphatic carbocycles. The maximum absolute atomic E-state index is 13.1. The molecule has 0 aliphatic rings. The molecule has 160 valence electrons. The van der Waals surface area contributed by atoms with E-state index in [4.69, 9.17) is 9.40 Å². The number of amides is 1. The molecular formula is C24H27N5O2. The molecule has 0 radical (unpaired) electrons. The van der Waals surface area contributed by atoms with Crippen LogP contribution in [0.3, 0.4) is 0 Å². The summed E-state index contributed by atoms with van der Waals surface area (Å²) in [6, 6.07) is 15.5. The molecule has 0 saturated heterocycles. The van der Waals surface area contributed by atoms with Gasteiger partial charge in [-0.1, -0.05) is 44.2 Å². The first-order valence-electron chi connectivity index (χ1n) is 10.6. The molecule has 4 rings (SSSR count). The Morgan fingerprint density at radius 2 is 1.94 bits per heavy atom. The highest BCUT2D eigenvalue weighted by Gasteiger charge is 2.18. The molecule has 1 N–H and O–H groups in total. The maximum atomic E-state index is 13.1. The predicted octanol–water partition coefficient (Wildman–Crippen LogP) is 3.81. The van der Waals surface area contributed by atoms with Gasteiger partial charge in [0.05, 0.1) is 29.1 Å². The number of carbonyl (C=O) groups excluding carboxylic acids is 1. The lowest BCUT2D eigenvalue weighted by Gasteiger charge is -2.18. The van der Waals surface area contributed by atoms with Gasteiger partial charge in [0.25, 0.3) is 5.91 Å². The number of rotatable bonds is 9. The van der Waals surface area contributed by atoms with Gasteiger partial charge >= 0.3 is 0 Å². The molecule has 4 aromatic rings. The zero-order valence-corrected chi connectivity index (χ0v) is 17.9. The first-order chi connectivity index (χ1) is 15.2. The van der Waals surface area contributed by atoms with Crippen LogP contribution >= 0.6 is 0 Å². The summed E-state index contributed by atoms with van der Waals surface area (Å²) in [5.74, 6) is 0.663. The Kier molecular flexibility index (Phi) is 6.43. The number of hydrogen-bond acceptors (Lipinski definition) is 5. The van der Waals surface area contributed by atoms with Crippen molar-refractivity contribution in [3.05, 3.63) is 72.3 Å². The normalized spacial score (nSPS) is 11.3. The van der Waals surface area contributed by atoms with Gasteiger partial charge in [0, 0.05) is 18.7 Å². The van der Waals surface area contributed by atoms with Crippen LogP contribution in [0.25, 0.3) is 22.3 Å². The van der Waals surface area contributed by atoms with Gasteiger partial charge in [0.2, 0.25) is 0 Å². The van der Waals surface area contributed by atoms with Crippen molar-refractivity contribution < 1.29 is 9.21 Å². The van der Waals surface area contributed by atoms with Crippen LogP contribution in [-0.2, 0) is 6.54 Å². The highest BCUT2D eigenvalue weighted by Crippen LogP contribution is 2.25. The molecule has 0 fully saturated rings. The van der Waals surface area contributed by atoms with Crippen LogP contribution in [0.15, 0.2) is 65.4 Å². The zero-order chi connectivity index (χ0) is 21.6. The number of likely N-dealkylation sites (N-methyl/N-ethyl adjacent to an activating group) is 1. The first kappa shape index (κ1) is 20.8. The van der Waals surface area contributed by atoms with Crippen LogP contribution in [0.4, 0.5) is 0 Å². The fraction of sp³-hybridized carbons (Fsp3) is 0.292. The van der Waals surface area contributed by atoms with Crippen LogP contribution < -0.4 is 5.32 Å². The Labute approximate surface area is 181 Å². The third kappa shape index (κ3) is 4.67. The Balaban J connectivity index is 1.69. The van der Waals surface area contributed by atoms with Crippen molar-refractivity contribution in [2.75, 3.05) is 26.2 Å². The Hall–Kier alpha value is -3.45. The van der Waals surface area contributed by atoms with Crippen molar-refractivity contribution in [2.24, 2.45) is 0 Å². The second-order valence-corrected chi connectivity index (χ2v) is 7.32. The topological polar surface area (TPSA) is 76.2 Å². The van der Waals surface area contributed by atoms with E-state index in [1.165, 1.54) is 0 Å². The fourth-order valence-electron chi connectivity index (χ4n) is 3.62. The van der Waals surface area contributed by atoms with E-state index in [0.29, 0.717) is 24.3 Å². The second kappa shape index (κ2) is 9.57. The van der Waals surface area contributed by atoms with Crippen molar-refractivity contribution in [2.45, 2.75) is 20.4 Å². The van der Waals surface area contributed by atoms with E-state index in [-0.39, 0.29) is 5.91 Å². The number of nitrogens with one attached hydrogen (secondary N) is 1. The highest BCUT2D eigenvalue weighted by atomic mass is 16.3. The lowest BCUT2D eigenvalue weighted by Crippen LogP contribution is -2.34. The molecule has 0 atom stereocenters. The van der Waals surface area contributed by atoms with Crippen LogP contribution in [0.1, 0.15) is 30.0 Å². The van der Waals surface area contributed by atoms with Crippen LogP contribution in [0, 0.1) is 0 Å². The summed E-state index contributed by atoms with van der Waals surface area (Å²) in [4.78, 5) is 20.2. The van der Waals surface area contributed by atoms with E-state index < -0.39 is 0 Å². The Bertz CT molecular complexity index is 1130. The zero-order valence-electron chi connectivity index (χ0n) is 17.9. The van der Waals surface area contributed by atoms with E-state index in [0.717, 1.165) is 42.0 Å². The number of furan rings is 1. The van der Waals surface area contributed by atoms with E-state index in [1.807, 2.05) is 48.5 Å². The number of benzene rings is 1. The predicted molar refractivity (Wildman–Crippen MR) is 121 cm³/mol. The summed E-state index contributed by atoms with van der Waals surface area (Å²) < 4.78 is 7.24. The summed E-state index contributed by atoms with van der Waals surface area (Å²) in [7, 11) is 0. The number of nitrogens with zero attached hydrogens (tertiary/aromatic N) is 4. The molecule has 1 aromatic carbocycles. The summed E-state index contributed by atoms with van der Waals surface area (Å²) in [6.07, 6.45) is 3.35. The van der Waals surface area contributed by atoms with Crippen LogP contribution in [0.2, 0.25) is 0 Å². The SMILES string of the molecule is CCN(CC)CCNC(=O)c1cc(-c2ccccc2)nc2c1cnn2Cc1ccco1. The summed E-state index contributed by atoms with van der Waals surface area (Å²) in [5.41, 5.74) is 2.93. The molecule has 0 saturated carbocycles. The lowest BCUT2D eigenvalue weighted by molar-refractivity contribution is 0.0950. The van der Waals surface area contributed by atoms with Crippen molar-refractivity contribution in [3.8, 4) is 11.3 Å². The average Bonchev–Trinajstić information content (AvgIpc) is 3.47. The summed E-state index contributed by atoms with van der Waals surface area (Å²) in [5, 5.41) is 8.28. The number of fused-ring (bicyclic) bond motifs is 1. The van der Waals surface area contributed by atoms with Gasteiger partial charge in [-0.3, -0.25) is 4.79 Å². The molecule has 7 nitrogen and oxygen atoms in total. The summed E-state index contributed by atoms with van der Waals surface area (Å²) >= 11 is 0. The standard InChI is InChI=1S/C24H27N5O2/c1-3-28(4-2)13-12-25-24(30)20-15-22(18-9-6-5-7-10-18)27-23-21(20)16-26-29(23)17-19-11-8-14-31-19/h5-11,14-16H,3-4,12-13,17H2,1-2H3,(H,25,30). The van der Waals surface area contributed by atoms with Gasteiger partial charge < -0.3 is 14.6 Å². The van der Waals surface area contributed by atoms with Gasteiger partial charge in [0.15, 0.2) is 5.65 Å². The van der Waals surface area contributed by atoms with Crippen LogP contribution in [0.5, 0.6) is 0 Å². The number of pyridine rings is 1. The molecule has 0 spiro atoms. The van der Waals surface area contributed by atoms with Gasteiger partial charge in [-0.25, -0.2) is 9.67 Å². The molecule has 3 heterocycles. The molecule has 0 unspecified atom stereocenters. The molecule has 7 heteroatoms. The van der Waals surface area contributed by atoms with E-state index in [1.54, 1.807) is 17.1 Å². The second-order valence-electron chi connectivity index (χ2n) is 7.32. The van der Waals surface area contributed by atoms with Crippen LogP contribution in [-0.4, -0.2) is 51.8 Å². The number of aromatic nitrogens is 3. The quantitative estimate of drug-likeness (QED) is 0.448. The monoisotopic (exact) mass is 417 g/mol. The number of carbonyl (C=O) groups is 1. The lowest BCUT2D eigenvalue weighted by atomic mass is 10.1. The molecular weight excluding hydrogens is 390 g/mol. The highest BCUT2D eigenvalue weighted by molar-refractivity contribution is 6.06. The van der Waals surface area contributed by atoms with Crippen molar-refractivity contribution >= 4 is 16.9 Å². The van der Waals surface area contributed by atoms with Crippen molar-refractivity contribution in [1.29, 1.82) is 0 Å². The smallest absolute Gasteiger partial charge is 0.252 e. The fourth-order valence-corrected chi connectivity index (χ4v) is 3.62. The van der Waals surface area contributed by atoms with E-state index in [9.17, 15) is 4.79 Å². The van der Waals surface area contributed by atoms with E-state index >= 15 is 0 Å². The van der Waals surface area contributed by atoms with Gasteiger partial charge in [-0.05, 0) is 31.3 Å². The van der Waals surface area contributed by atoms with E-state index in [2.05, 4.69) is 29.2 Å². The first-order valence-corrected chi connectivity index (χ1v) is 10.6. The van der Waals surface area contributed by atoms with Gasteiger partial charge in [-0.2, -0.15) is 5.10 Å². The van der Waals surface area contributed by atoms with Gasteiger partial charge in [0.1, 0.15) is 12.3 Å². The molecule has 1 amide bonds. The average molecular weight is 418 g/mol. The van der Waals surface area contributed by atoms with Crippen molar-refractivity contribution in [3.63, 3.8) is 0 Å². The number of hydrogen-bond donors (Lipinski definition) is 1. The minimum atomic E-state index is -0.116. The minimum absolute atomic E-state index is 0.116. The molecule has 0 bridgehead atoms. The minimum Gasteiger partial charge on any atom is -0.467 e. The largest absolute Gasteiger partial charge is 0.467 e. The third-order valence-corrected chi connectivity index (χ3v) is 5.42. The van der Waals surface area contributed by atoms with Gasteiger partial charge in [-0.15, -0.1) is 0 Å². The summed E-state index contributed by atoms with van der Waals surface area (Å²) in [6.45, 7) is 8.02. The Morgan fingerprint density at radius 1 is 1.13 bits per heavy atom. The third-order valence-electron chi connectivity index (χ3n) is 5.42. The molecule has 3 aromatic heterocycles. The molecule has 31 heavy (non-hydrogen) atoms. The Morgan fingerprint density at radius 3 is 2.65 bits per heavy atom. The van der Waals surface area contributed by atoms with Crippen molar-refractivity contribution in [1.82, 2.24) is 25.0 Å². The molecule has 0 aliphatic heterocycles. The maximum Gasteiger partial charge on any atom is 0.252 e.